The van der Waals surface area contributed by atoms with Gasteiger partial charge in [0.1, 0.15) is 10.8 Å². The van der Waals surface area contributed by atoms with Gasteiger partial charge >= 0.3 is 0 Å². The van der Waals surface area contributed by atoms with Crippen LogP contribution in [0.3, 0.4) is 0 Å². The molecule has 1 aromatic carbocycles. The second kappa shape index (κ2) is 9.23. The van der Waals surface area contributed by atoms with Crippen molar-refractivity contribution in [2.24, 2.45) is 4.99 Å². The highest BCUT2D eigenvalue weighted by atomic mass is 35.5. The predicted octanol–water partition coefficient (Wildman–Crippen LogP) is 4.81. The van der Waals surface area contributed by atoms with Crippen molar-refractivity contribution < 1.29 is 5.11 Å². The Morgan fingerprint density at radius 3 is 2.69 bits per heavy atom. The lowest BCUT2D eigenvalue weighted by atomic mass is 9.96. The first-order chi connectivity index (χ1) is 12.8. The Bertz CT molecular complexity index is 878. The first-order valence-electron chi connectivity index (χ1n) is 9.53. The van der Waals surface area contributed by atoms with E-state index < -0.39 is 5.60 Å². The molecule has 2 aliphatic heterocycles. The van der Waals surface area contributed by atoms with E-state index in [-0.39, 0.29) is 24.8 Å². The maximum atomic E-state index is 10.3. The number of likely N-dealkylation sites (N-methyl/N-ethyl adjacent to an activating group) is 1. The highest BCUT2D eigenvalue weighted by Crippen LogP contribution is 2.39. The van der Waals surface area contributed by atoms with Gasteiger partial charge in [-0.2, -0.15) is 0 Å². The molecule has 29 heavy (non-hydrogen) atoms. The summed E-state index contributed by atoms with van der Waals surface area (Å²) in [5, 5.41) is 15.1. The van der Waals surface area contributed by atoms with Gasteiger partial charge in [-0.3, -0.25) is 4.90 Å². The summed E-state index contributed by atoms with van der Waals surface area (Å²) in [5.41, 5.74) is 2.54. The molecule has 2 aromatic rings. The van der Waals surface area contributed by atoms with Crippen molar-refractivity contribution in [2.45, 2.75) is 38.8 Å². The van der Waals surface area contributed by atoms with Crippen molar-refractivity contribution >= 4 is 58.4 Å². The van der Waals surface area contributed by atoms with E-state index in [1.54, 1.807) is 11.3 Å². The molecule has 1 unspecified atom stereocenters. The molecule has 1 atom stereocenters. The maximum Gasteiger partial charge on any atom is 0.139 e. The van der Waals surface area contributed by atoms with E-state index in [0.29, 0.717) is 6.04 Å². The average Bonchev–Trinajstić information content (AvgIpc) is 2.87. The summed E-state index contributed by atoms with van der Waals surface area (Å²) in [6.07, 6.45) is 0.748. The molecule has 0 spiro atoms. The fourth-order valence-corrected chi connectivity index (χ4v) is 4.84. The molecule has 1 fully saturated rings. The Morgan fingerprint density at radius 1 is 1.24 bits per heavy atom. The van der Waals surface area contributed by atoms with Crippen LogP contribution in [-0.2, 0) is 0 Å². The van der Waals surface area contributed by atoms with Crippen LogP contribution in [-0.4, -0.2) is 59.1 Å². The van der Waals surface area contributed by atoms with E-state index in [9.17, 15) is 5.11 Å². The number of nitrogens with one attached hydrogen (secondary N) is 1. The minimum absolute atomic E-state index is 0. The third-order valence-corrected chi connectivity index (χ3v) is 6.25. The third kappa shape index (κ3) is 5.25. The van der Waals surface area contributed by atoms with Crippen molar-refractivity contribution in [3.8, 4) is 0 Å². The Labute approximate surface area is 189 Å². The van der Waals surface area contributed by atoms with Gasteiger partial charge in [0.15, 0.2) is 0 Å². The first kappa shape index (κ1) is 24.0. The smallest absolute Gasteiger partial charge is 0.139 e. The van der Waals surface area contributed by atoms with E-state index >= 15 is 0 Å². The third-order valence-electron chi connectivity index (χ3n) is 5.29. The van der Waals surface area contributed by atoms with E-state index in [1.165, 1.54) is 10.4 Å². The molecule has 160 valence electrons. The molecule has 0 radical (unpaired) electrons. The van der Waals surface area contributed by atoms with Crippen LogP contribution < -0.4 is 5.32 Å². The lowest BCUT2D eigenvalue weighted by molar-refractivity contribution is 0.0218. The van der Waals surface area contributed by atoms with Crippen LogP contribution in [0.25, 0.3) is 0 Å². The Balaban J connectivity index is 0.00000150. The molecule has 0 aliphatic carbocycles. The molecule has 2 aliphatic rings. The van der Waals surface area contributed by atoms with E-state index in [2.05, 4.69) is 47.3 Å². The fraction of sp³-hybridized carbons (Fsp3) is 0.476. The zero-order chi connectivity index (χ0) is 19.2. The Kier molecular flexibility index (Phi) is 7.63. The average molecular weight is 457 g/mol. The van der Waals surface area contributed by atoms with Crippen LogP contribution in [0.2, 0.25) is 0 Å². The number of hydrogen-bond donors (Lipinski definition) is 2. The molecular weight excluding hydrogens is 427 g/mol. The summed E-state index contributed by atoms with van der Waals surface area (Å²) in [6.45, 7) is 8.70. The van der Waals surface area contributed by atoms with Gasteiger partial charge in [0, 0.05) is 30.6 Å². The van der Waals surface area contributed by atoms with Crippen LogP contribution in [0.15, 0.2) is 35.3 Å². The van der Waals surface area contributed by atoms with Gasteiger partial charge in [-0.25, -0.2) is 4.99 Å². The minimum Gasteiger partial charge on any atom is -0.390 e. The standard InChI is InChI=1S/C21H28N4OS.2ClH/c1-14-11-16-19(22-17-7-5-6-8-18(17)23-20(16)27-14)25-10-9-24(4)15(13-25)12-21(2,3)26;;/h5-8,11,15,23,26H,9-10,12-13H2,1-4H3;2*1H. The summed E-state index contributed by atoms with van der Waals surface area (Å²) < 4.78 is 0. The molecule has 0 saturated carbocycles. The number of halogens is 2. The second-order valence-corrected chi connectivity index (χ2v) is 9.53. The monoisotopic (exact) mass is 456 g/mol. The maximum absolute atomic E-state index is 10.3. The van der Waals surface area contributed by atoms with Gasteiger partial charge in [-0.05, 0) is 52.4 Å². The van der Waals surface area contributed by atoms with E-state index in [1.807, 2.05) is 26.0 Å². The molecule has 1 aromatic heterocycles. The van der Waals surface area contributed by atoms with Crippen LogP contribution >= 0.6 is 36.2 Å². The van der Waals surface area contributed by atoms with E-state index in [4.69, 9.17) is 4.99 Å². The van der Waals surface area contributed by atoms with E-state index in [0.717, 1.165) is 48.3 Å². The number of aliphatic imine (C=N–C) groups is 1. The van der Waals surface area contributed by atoms with Gasteiger partial charge in [-0.15, -0.1) is 36.2 Å². The van der Waals surface area contributed by atoms with Crippen LogP contribution in [0.5, 0.6) is 0 Å². The van der Waals surface area contributed by atoms with Gasteiger partial charge in [0.2, 0.25) is 0 Å². The topological polar surface area (TPSA) is 51.1 Å². The Hall–Kier alpha value is -1.31. The molecule has 0 bridgehead atoms. The van der Waals surface area contributed by atoms with Gasteiger partial charge < -0.3 is 15.3 Å². The number of aryl methyl sites for hydroxylation is 1. The van der Waals surface area contributed by atoms with Crippen molar-refractivity contribution in [1.82, 2.24) is 9.80 Å². The first-order valence-corrected chi connectivity index (χ1v) is 10.3. The summed E-state index contributed by atoms with van der Waals surface area (Å²) in [6, 6.07) is 10.8. The molecule has 4 rings (SSSR count). The highest BCUT2D eigenvalue weighted by molar-refractivity contribution is 7.16. The van der Waals surface area contributed by atoms with Crippen LogP contribution in [0, 0.1) is 6.92 Å². The Morgan fingerprint density at radius 2 is 1.97 bits per heavy atom. The van der Waals surface area contributed by atoms with Crippen molar-refractivity contribution in [3.63, 3.8) is 0 Å². The zero-order valence-electron chi connectivity index (χ0n) is 17.3. The summed E-state index contributed by atoms with van der Waals surface area (Å²) in [7, 11) is 2.15. The summed E-state index contributed by atoms with van der Waals surface area (Å²) in [4.78, 5) is 11.1. The number of nitrogens with zero attached hydrogens (tertiary/aromatic N) is 3. The number of aliphatic hydroxyl groups is 1. The zero-order valence-corrected chi connectivity index (χ0v) is 19.8. The van der Waals surface area contributed by atoms with Crippen LogP contribution in [0.1, 0.15) is 30.7 Å². The van der Waals surface area contributed by atoms with Crippen LogP contribution in [0.4, 0.5) is 16.4 Å². The number of fused-ring (bicyclic) bond motifs is 2. The molecule has 5 nitrogen and oxygen atoms in total. The predicted molar refractivity (Wildman–Crippen MR) is 128 cm³/mol. The number of benzene rings is 1. The fourth-order valence-electron chi connectivity index (χ4n) is 3.92. The van der Waals surface area contributed by atoms with Crippen molar-refractivity contribution in [3.05, 3.63) is 40.8 Å². The molecule has 3 heterocycles. The molecule has 0 amide bonds. The largest absolute Gasteiger partial charge is 0.390 e. The molecule has 2 N–H and O–H groups in total. The number of para-hydroxylation sites is 2. The van der Waals surface area contributed by atoms with Gasteiger partial charge in [-0.1, -0.05) is 12.1 Å². The van der Waals surface area contributed by atoms with Crippen molar-refractivity contribution in [2.75, 3.05) is 32.0 Å². The number of hydrogen-bond acceptors (Lipinski definition) is 6. The normalized spacial score (nSPS) is 19.0. The number of anilines is 2. The number of rotatable bonds is 2. The number of amidine groups is 1. The second-order valence-electron chi connectivity index (χ2n) is 8.27. The number of piperazine rings is 1. The van der Waals surface area contributed by atoms with Gasteiger partial charge in [0.05, 0.1) is 22.5 Å². The quantitative estimate of drug-likeness (QED) is 0.680. The summed E-state index contributed by atoms with van der Waals surface area (Å²) >= 11 is 1.78. The lowest BCUT2D eigenvalue weighted by Gasteiger charge is -2.42. The molecule has 1 saturated heterocycles. The molecular formula is C21H30Cl2N4OS. The summed E-state index contributed by atoms with van der Waals surface area (Å²) in [5.74, 6) is 1.04. The lowest BCUT2D eigenvalue weighted by Crippen LogP contribution is -2.55. The SMILES string of the molecule is Cc1cc2c(s1)Nc1ccccc1N=C2N1CCN(C)C(CC(C)(C)O)C1.Cl.Cl. The minimum atomic E-state index is -0.675. The van der Waals surface area contributed by atoms with Crippen molar-refractivity contribution in [1.29, 1.82) is 0 Å². The van der Waals surface area contributed by atoms with Gasteiger partial charge in [0.25, 0.3) is 0 Å². The molecule has 8 heteroatoms. The highest BCUT2D eigenvalue weighted by Gasteiger charge is 2.32. The number of thiophene rings is 1.